The molecular weight excluding hydrogens is 350 g/mol. The Balaban J connectivity index is 1.76. The number of carbonyl (C=O) groups excluding carboxylic acids is 1. The monoisotopic (exact) mass is 367 g/mol. The number of halogens is 1. The zero-order valence-corrected chi connectivity index (χ0v) is 15.1. The summed E-state index contributed by atoms with van der Waals surface area (Å²) in [5.74, 6) is 0.982. The number of anilines is 5. The molecule has 3 N–H and O–H groups in total. The molecule has 132 valence electrons. The maximum atomic E-state index is 11.2. The van der Waals surface area contributed by atoms with Crippen molar-refractivity contribution in [2.75, 3.05) is 16.0 Å². The van der Waals surface area contributed by atoms with Crippen LogP contribution in [-0.4, -0.2) is 15.9 Å². The van der Waals surface area contributed by atoms with E-state index in [1.807, 2.05) is 49.4 Å². The molecule has 0 radical (unpaired) electrons. The summed E-state index contributed by atoms with van der Waals surface area (Å²) >= 11 is 5.99. The Hall–Kier alpha value is -3.12. The molecule has 0 spiro atoms. The fourth-order valence-corrected chi connectivity index (χ4v) is 2.63. The van der Waals surface area contributed by atoms with Gasteiger partial charge in [0.25, 0.3) is 0 Å². The third kappa shape index (κ3) is 4.70. The van der Waals surface area contributed by atoms with Crippen molar-refractivity contribution in [3.05, 3.63) is 65.3 Å². The van der Waals surface area contributed by atoms with E-state index in [4.69, 9.17) is 11.6 Å². The minimum Gasteiger partial charge on any atom is -0.340 e. The fourth-order valence-electron chi connectivity index (χ4n) is 2.40. The number of aryl methyl sites for hydroxylation is 1. The van der Waals surface area contributed by atoms with Crippen molar-refractivity contribution in [2.45, 2.75) is 13.8 Å². The van der Waals surface area contributed by atoms with Crippen LogP contribution in [0.25, 0.3) is 0 Å². The lowest BCUT2D eigenvalue weighted by Crippen LogP contribution is -2.06. The lowest BCUT2D eigenvalue weighted by atomic mass is 10.2. The van der Waals surface area contributed by atoms with Crippen LogP contribution in [0.15, 0.2) is 54.7 Å². The number of rotatable bonds is 5. The Morgan fingerprint density at radius 2 is 1.85 bits per heavy atom. The molecule has 0 unspecified atom stereocenters. The van der Waals surface area contributed by atoms with Crippen molar-refractivity contribution in [3.63, 3.8) is 0 Å². The zero-order chi connectivity index (χ0) is 18.5. The molecule has 1 aromatic heterocycles. The Kier molecular flexibility index (Phi) is 5.34. The summed E-state index contributed by atoms with van der Waals surface area (Å²) < 4.78 is 0. The normalized spacial score (nSPS) is 10.3. The van der Waals surface area contributed by atoms with Gasteiger partial charge in [-0.3, -0.25) is 4.79 Å². The Morgan fingerprint density at radius 3 is 2.62 bits per heavy atom. The molecule has 6 nitrogen and oxygen atoms in total. The van der Waals surface area contributed by atoms with Crippen LogP contribution in [-0.2, 0) is 4.79 Å². The van der Waals surface area contributed by atoms with E-state index in [1.54, 1.807) is 12.3 Å². The molecule has 1 amide bonds. The summed E-state index contributed by atoms with van der Waals surface area (Å²) in [6, 6.07) is 14.7. The van der Waals surface area contributed by atoms with Gasteiger partial charge < -0.3 is 16.0 Å². The van der Waals surface area contributed by atoms with Gasteiger partial charge in [-0.05, 0) is 55.0 Å². The standard InChI is InChI=1S/C19H18ClN5O/c1-12-10-14(20)6-7-17(12)24-18-8-9-21-19(25-18)23-16-5-3-4-15(11-16)22-13(2)26/h3-11H,1-2H3,(H,22,26)(H2,21,23,24,25). The van der Waals surface area contributed by atoms with Gasteiger partial charge in [0.05, 0.1) is 0 Å². The van der Waals surface area contributed by atoms with E-state index in [9.17, 15) is 4.79 Å². The lowest BCUT2D eigenvalue weighted by Gasteiger charge is -2.11. The molecule has 0 fully saturated rings. The van der Waals surface area contributed by atoms with Gasteiger partial charge >= 0.3 is 0 Å². The second-order valence-electron chi connectivity index (χ2n) is 5.74. The van der Waals surface area contributed by atoms with Gasteiger partial charge in [0.2, 0.25) is 11.9 Å². The van der Waals surface area contributed by atoms with Crippen LogP contribution in [0.2, 0.25) is 5.02 Å². The largest absolute Gasteiger partial charge is 0.340 e. The van der Waals surface area contributed by atoms with E-state index in [1.165, 1.54) is 6.92 Å². The topological polar surface area (TPSA) is 78.9 Å². The second-order valence-corrected chi connectivity index (χ2v) is 6.17. The van der Waals surface area contributed by atoms with Crippen LogP contribution in [0.1, 0.15) is 12.5 Å². The molecule has 0 aliphatic heterocycles. The number of carbonyl (C=O) groups is 1. The summed E-state index contributed by atoms with van der Waals surface area (Å²) in [5.41, 5.74) is 3.42. The maximum Gasteiger partial charge on any atom is 0.229 e. The first-order valence-electron chi connectivity index (χ1n) is 8.00. The molecule has 3 aromatic rings. The predicted molar refractivity (Wildman–Crippen MR) is 106 cm³/mol. The van der Waals surface area contributed by atoms with Crippen molar-refractivity contribution >= 4 is 46.3 Å². The van der Waals surface area contributed by atoms with E-state index < -0.39 is 0 Å². The van der Waals surface area contributed by atoms with Crippen LogP contribution < -0.4 is 16.0 Å². The average molecular weight is 368 g/mol. The van der Waals surface area contributed by atoms with Gasteiger partial charge in [-0.2, -0.15) is 4.98 Å². The number of aromatic nitrogens is 2. The summed E-state index contributed by atoms with van der Waals surface area (Å²) in [6.07, 6.45) is 1.67. The lowest BCUT2D eigenvalue weighted by molar-refractivity contribution is -0.114. The van der Waals surface area contributed by atoms with Gasteiger partial charge in [-0.25, -0.2) is 4.98 Å². The predicted octanol–water partition coefficient (Wildman–Crippen LogP) is 4.88. The zero-order valence-electron chi connectivity index (χ0n) is 14.4. The van der Waals surface area contributed by atoms with Crippen LogP contribution in [0.5, 0.6) is 0 Å². The first-order chi connectivity index (χ1) is 12.5. The summed E-state index contributed by atoms with van der Waals surface area (Å²) in [4.78, 5) is 19.9. The maximum absolute atomic E-state index is 11.2. The number of benzene rings is 2. The smallest absolute Gasteiger partial charge is 0.229 e. The van der Waals surface area contributed by atoms with Crippen molar-refractivity contribution < 1.29 is 4.79 Å². The average Bonchev–Trinajstić information content (AvgIpc) is 2.57. The van der Waals surface area contributed by atoms with Crippen molar-refractivity contribution in [3.8, 4) is 0 Å². The van der Waals surface area contributed by atoms with E-state index in [-0.39, 0.29) is 5.91 Å². The number of hydrogen-bond donors (Lipinski definition) is 3. The highest BCUT2D eigenvalue weighted by atomic mass is 35.5. The van der Waals surface area contributed by atoms with Crippen LogP contribution in [0.4, 0.5) is 28.8 Å². The molecule has 0 aliphatic carbocycles. The number of hydrogen-bond acceptors (Lipinski definition) is 5. The molecule has 2 aromatic carbocycles. The minimum absolute atomic E-state index is 0.122. The van der Waals surface area contributed by atoms with Gasteiger partial charge in [0.15, 0.2) is 0 Å². The Bertz CT molecular complexity index is 945. The summed E-state index contributed by atoms with van der Waals surface area (Å²) in [7, 11) is 0. The van der Waals surface area contributed by atoms with E-state index in [0.717, 1.165) is 16.9 Å². The molecule has 0 atom stereocenters. The van der Waals surface area contributed by atoms with Gasteiger partial charge in [-0.1, -0.05) is 17.7 Å². The molecule has 7 heteroatoms. The highest BCUT2D eigenvalue weighted by molar-refractivity contribution is 6.30. The number of nitrogens with one attached hydrogen (secondary N) is 3. The van der Waals surface area contributed by atoms with Crippen molar-refractivity contribution in [1.29, 1.82) is 0 Å². The molecule has 0 aliphatic rings. The molecular formula is C19H18ClN5O. The van der Waals surface area contributed by atoms with Gasteiger partial charge in [0, 0.05) is 35.2 Å². The molecule has 3 rings (SSSR count). The third-order valence-electron chi connectivity index (χ3n) is 3.55. The van der Waals surface area contributed by atoms with E-state index >= 15 is 0 Å². The highest BCUT2D eigenvalue weighted by Gasteiger charge is 2.04. The van der Waals surface area contributed by atoms with Crippen LogP contribution in [0, 0.1) is 6.92 Å². The van der Waals surface area contributed by atoms with E-state index in [0.29, 0.717) is 22.5 Å². The fraction of sp³-hybridized carbons (Fsp3) is 0.105. The van der Waals surface area contributed by atoms with Crippen LogP contribution in [0.3, 0.4) is 0 Å². The van der Waals surface area contributed by atoms with Gasteiger partial charge in [-0.15, -0.1) is 0 Å². The first-order valence-corrected chi connectivity index (χ1v) is 8.38. The summed E-state index contributed by atoms with van der Waals surface area (Å²) in [5, 5.41) is 9.82. The SMILES string of the molecule is CC(=O)Nc1cccc(Nc2nccc(Nc3ccc(Cl)cc3C)n2)c1. The molecule has 1 heterocycles. The quantitative estimate of drug-likeness (QED) is 0.598. The Morgan fingerprint density at radius 1 is 1.04 bits per heavy atom. The molecule has 0 saturated heterocycles. The van der Waals surface area contributed by atoms with Gasteiger partial charge in [0.1, 0.15) is 5.82 Å². The highest BCUT2D eigenvalue weighted by Crippen LogP contribution is 2.24. The molecule has 0 bridgehead atoms. The molecule has 0 saturated carbocycles. The van der Waals surface area contributed by atoms with Crippen molar-refractivity contribution in [1.82, 2.24) is 9.97 Å². The molecule has 26 heavy (non-hydrogen) atoms. The van der Waals surface area contributed by atoms with Crippen molar-refractivity contribution in [2.24, 2.45) is 0 Å². The number of amides is 1. The third-order valence-corrected chi connectivity index (χ3v) is 3.78. The summed E-state index contributed by atoms with van der Waals surface area (Å²) in [6.45, 7) is 3.44. The second kappa shape index (κ2) is 7.84. The minimum atomic E-state index is -0.122. The van der Waals surface area contributed by atoms with Crippen LogP contribution >= 0.6 is 11.6 Å². The number of nitrogens with zero attached hydrogens (tertiary/aromatic N) is 2. The first kappa shape index (κ1) is 17.7. The Labute approximate surface area is 156 Å². The van der Waals surface area contributed by atoms with E-state index in [2.05, 4.69) is 25.9 Å².